The Kier molecular flexibility index (Phi) is 7.44. The molecule has 1 aromatic rings. The van der Waals surface area contributed by atoms with Gasteiger partial charge in [-0.25, -0.2) is 4.79 Å². The molecule has 0 unspecified atom stereocenters. The summed E-state index contributed by atoms with van der Waals surface area (Å²) in [6.07, 6.45) is 8.68. The van der Waals surface area contributed by atoms with Crippen LogP contribution in [-0.2, 0) is 0 Å². The van der Waals surface area contributed by atoms with Crippen molar-refractivity contribution in [1.82, 2.24) is 10.2 Å². The number of carbonyl (C=O) groups excluding carboxylic acids is 2. The van der Waals surface area contributed by atoms with Crippen LogP contribution >= 0.6 is 11.8 Å². The van der Waals surface area contributed by atoms with E-state index in [0.29, 0.717) is 23.8 Å². The van der Waals surface area contributed by atoms with Gasteiger partial charge >= 0.3 is 6.03 Å². The summed E-state index contributed by atoms with van der Waals surface area (Å²) >= 11 is 1.97. The molecule has 148 valence electrons. The molecule has 0 spiro atoms. The maximum absolute atomic E-state index is 12.7. The van der Waals surface area contributed by atoms with Gasteiger partial charge in [0, 0.05) is 41.4 Å². The average Bonchev–Trinajstić information content (AvgIpc) is 3.19. The van der Waals surface area contributed by atoms with E-state index >= 15 is 0 Å². The molecule has 1 aromatic carbocycles. The lowest BCUT2D eigenvalue weighted by Crippen LogP contribution is -2.42. The van der Waals surface area contributed by atoms with Gasteiger partial charge in [-0.3, -0.25) is 4.79 Å². The van der Waals surface area contributed by atoms with E-state index < -0.39 is 0 Å². The van der Waals surface area contributed by atoms with Gasteiger partial charge in [-0.2, -0.15) is 11.8 Å². The Morgan fingerprint density at radius 3 is 2.48 bits per heavy atom. The third-order valence-electron chi connectivity index (χ3n) is 5.50. The van der Waals surface area contributed by atoms with Crippen molar-refractivity contribution in [1.29, 1.82) is 0 Å². The number of nitrogens with zero attached hydrogens (tertiary/aromatic N) is 1. The molecule has 0 aromatic heterocycles. The Labute approximate surface area is 166 Å². The molecule has 1 aliphatic carbocycles. The van der Waals surface area contributed by atoms with Crippen LogP contribution in [0.4, 0.5) is 10.5 Å². The molecule has 1 atom stereocenters. The van der Waals surface area contributed by atoms with Crippen molar-refractivity contribution in [3.63, 3.8) is 0 Å². The summed E-state index contributed by atoms with van der Waals surface area (Å²) in [6, 6.07) is 7.32. The van der Waals surface area contributed by atoms with E-state index in [1.54, 1.807) is 24.3 Å². The average molecular weight is 390 g/mol. The molecule has 2 fully saturated rings. The van der Waals surface area contributed by atoms with Crippen LogP contribution < -0.4 is 10.6 Å². The highest BCUT2D eigenvalue weighted by molar-refractivity contribution is 7.99. The molecule has 2 N–H and O–H groups in total. The van der Waals surface area contributed by atoms with E-state index in [1.807, 2.05) is 16.7 Å². The van der Waals surface area contributed by atoms with E-state index in [4.69, 9.17) is 0 Å². The van der Waals surface area contributed by atoms with E-state index in [-0.39, 0.29) is 11.9 Å². The Bertz CT molecular complexity index is 629. The number of benzene rings is 1. The first kappa shape index (κ1) is 20.1. The van der Waals surface area contributed by atoms with E-state index in [0.717, 1.165) is 30.4 Å². The molecule has 3 amide bonds. The number of amides is 3. The van der Waals surface area contributed by atoms with Gasteiger partial charge in [0.05, 0.1) is 0 Å². The molecule has 3 rings (SSSR count). The number of likely N-dealkylation sites (tertiary alicyclic amines) is 1. The predicted octanol–water partition coefficient (Wildman–Crippen LogP) is 4.50. The standard InChI is InChI=1S/C21H31N3O2S/c1-16-6-4-5-14-24(16)20(25)17-9-11-18(12-10-17)23-21(26)22-13-15-27-19-7-2-3-8-19/h9-12,16,19H,2-8,13-15H2,1H3,(H2,22,23,26)/t16-/m1/s1. The summed E-state index contributed by atoms with van der Waals surface area (Å²) in [6.45, 7) is 3.63. The van der Waals surface area contributed by atoms with Crippen molar-refractivity contribution in [2.75, 3.05) is 24.2 Å². The number of piperidine rings is 1. The molecule has 1 aliphatic heterocycles. The molecule has 6 heteroatoms. The first-order valence-electron chi connectivity index (χ1n) is 10.2. The minimum atomic E-state index is -0.189. The summed E-state index contributed by atoms with van der Waals surface area (Å²) in [7, 11) is 0. The summed E-state index contributed by atoms with van der Waals surface area (Å²) in [5.41, 5.74) is 1.39. The van der Waals surface area contributed by atoms with Crippen LogP contribution in [0.25, 0.3) is 0 Å². The van der Waals surface area contributed by atoms with E-state index in [9.17, 15) is 9.59 Å². The zero-order chi connectivity index (χ0) is 19.1. The molecule has 27 heavy (non-hydrogen) atoms. The van der Waals surface area contributed by atoms with Crippen LogP contribution in [-0.4, -0.2) is 47.0 Å². The van der Waals surface area contributed by atoms with Crippen LogP contribution in [0.5, 0.6) is 0 Å². The second-order valence-electron chi connectivity index (χ2n) is 7.58. The molecule has 5 nitrogen and oxygen atoms in total. The molecule has 1 heterocycles. The lowest BCUT2D eigenvalue weighted by molar-refractivity contribution is 0.0635. The fourth-order valence-electron chi connectivity index (χ4n) is 3.88. The van der Waals surface area contributed by atoms with Gasteiger partial charge in [-0.1, -0.05) is 12.8 Å². The Balaban J connectivity index is 1.41. The number of carbonyl (C=O) groups is 2. The number of rotatable bonds is 6. The molecule has 2 aliphatic rings. The summed E-state index contributed by atoms with van der Waals surface area (Å²) in [5, 5.41) is 6.52. The maximum Gasteiger partial charge on any atom is 0.319 e. The number of nitrogens with one attached hydrogen (secondary N) is 2. The summed E-state index contributed by atoms with van der Waals surface area (Å²) < 4.78 is 0. The van der Waals surface area contributed by atoms with Gasteiger partial charge in [0.1, 0.15) is 0 Å². The normalized spacial score (nSPS) is 20.5. The second kappa shape index (κ2) is 10.0. The van der Waals surface area contributed by atoms with Crippen LogP contribution in [0.3, 0.4) is 0 Å². The third-order valence-corrected chi connectivity index (χ3v) is 6.88. The lowest BCUT2D eigenvalue weighted by atomic mass is 10.0. The smallest absolute Gasteiger partial charge is 0.319 e. The van der Waals surface area contributed by atoms with Gasteiger partial charge in [0.2, 0.25) is 0 Å². The van der Waals surface area contributed by atoms with Crippen molar-refractivity contribution in [2.45, 2.75) is 63.2 Å². The van der Waals surface area contributed by atoms with Gasteiger partial charge in [-0.15, -0.1) is 0 Å². The summed E-state index contributed by atoms with van der Waals surface area (Å²) in [4.78, 5) is 26.6. The highest BCUT2D eigenvalue weighted by Gasteiger charge is 2.24. The molecule has 0 bridgehead atoms. The van der Waals surface area contributed by atoms with E-state index in [1.165, 1.54) is 32.1 Å². The summed E-state index contributed by atoms with van der Waals surface area (Å²) in [5.74, 6) is 1.04. The Morgan fingerprint density at radius 2 is 1.78 bits per heavy atom. The van der Waals surface area contributed by atoms with Crippen molar-refractivity contribution in [3.05, 3.63) is 29.8 Å². The van der Waals surface area contributed by atoms with Crippen LogP contribution in [0.1, 0.15) is 62.2 Å². The quantitative estimate of drug-likeness (QED) is 0.704. The first-order chi connectivity index (χ1) is 13.1. The Morgan fingerprint density at radius 1 is 1.07 bits per heavy atom. The highest BCUT2D eigenvalue weighted by Crippen LogP contribution is 2.28. The number of hydrogen-bond donors (Lipinski definition) is 2. The van der Waals surface area contributed by atoms with Crippen molar-refractivity contribution in [3.8, 4) is 0 Å². The topological polar surface area (TPSA) is 61.4 Å². The maximum atomic E-state index is 12.7. The van der Waals surface area contributed by atoms with Crippen LogP contribution in [0.15, 0.2) is 24.3 Å². The third kappa shape index (κ3) is 5.89. The molecular formula is C21H31N3O2S. The molecular weight excluding hydrogens is 358 g/mol. The van der Waals surface area contributed by atoms with Crippen molar-refractivity contribution >= 4 is 29.4 Å². The number of urea groups is 1. The largest absolute Gasteiger partial charge is 0.337 e. The van der Waals surface area contributed by atoms with Crippen molar-refractivity contribution < 1.29 is 9.59 Å². The molecule has 1 saturated carbocycles. The van der Waals surface area contributed by atoms with Gasteiger partial charge in [0.15, 0.2) is 0 Å². The van der Waals surface area contributed by atoms with Crippen LogP contribution in [0.2, 0.25) is 0 Å². The lowest BCUT2D eigenvalue weighted by Gasteiger charge is -2.33. The second-order valence-corrected chi connectivity index (χ2v) is 8.99. The number of anilines is 1. The zero-order valence-electron chi connectivity index (χ0n) is 16.2. The van der Waals surface area contributed by atoms with E-state index in [2.05, 4.69) is 17.6 Å². The van der Waals surface area contributed by atoms with Crippen LogP contribution in [0, 0.1) is 0 Å². The fourth-order valence-corrected chi connectivity index (χ4v) is 5.10. The molecule has 0 radical (unpaired) electrons. The minimum absolute atomic E-state index is 0.0853. The minimum Gasteiger partial charge on any atom is -0.337 e. The predicted molar refractivity (Wildman–Crippen MR) is 113 cm³/mol. The van der Waals surface area contributed by atoms with Crippen molar-refractivity contribution in [2.24, 2.45) is 0 Å². The highest BCUT2D eigenvalue weighted by atomic mass is 32.2. The SMILES string of the molecule is C[C@@H]1CCCCN1C(=O)c1ccc(NC(=O)NCCSC2CCCC2)cc1. The Hall–Kier alpha value is -1.69. The fraction of sp³-hybridized carbons (Fsp3) is 0.619. The number of hydrogen-bond acceptors (Lipinski definition) is 3. The zero-order valence-corrected chi connectivity index (χ0v) is 17.0. The van der Waals surface area contributed by atoms with Gasteiger partial charge in [-0.05, 0) is 63.3 Å². The van der Waals surface area contributed by atoms with Gasteiger partial charge in [0.25, 0.3) is 5.91 Å². The number of thioether (sulfide) groups is 1. The molecule has 1 saturated heterocycles. The monoisotopic (exact) mass is 389 g/mol. The first-order valence-corrected chi connectivity index (χ1v) is 11.3. The van der Waals surface area contributed by atoms with Gasteiger partial charge < -0.3 is 15.5 Å².